The fraction of sp³-hybridized carbons (Fsp3) is 0.188. The molecular weight excluding hydrogens is 236 g/mol. The monoisotopic (exact) mass is 250 g/mol. The normalized spacial score (nSPS) is 13.9. The number of benzene rings is 2. The minimum atomic E-state index is 0.312. The van der Waals surface area contributed by atoms with Crippen molar-refractivity contribution >= 4 is 10.8 Å². The van der Waals surface area contributed by atoms with Crippen molar-refractivity contribution in [2.75, 3.05) is 0 Å². The van der Waals surface area contributed by atoms with E-state index in [2.05, 4.69) is 28.0 Å². The van der Waals surface area contributed by atoms with Crippen molar-refractivity contribution in [3.05, 3.63) is 48.3 Å². The molecule has 0 fully saturated rings. The molecule has 0 aliphatic carbocycles. The first-order chi connectivity index (χ1) is 9.31. The van der Waals surface area contributed by atoms with Gasteiger partial charge in [0.05, 0.1) is 6.20 Å². The average Bonchev–Trinajstić information content (AvgIpc) is 3.00. The largest absolute Gasteiger partial charge is 0.508 e. The average molecular weight is 250 g/mol. The van der Waals surface area contributed by atoms with E-state index in [4.69, 9.17) is 0 Å². The zero-order valence-corrected chi connectivity index (χ0v) is 10.5. The zero-order chi connectivity index (χ0) is 12.8. The van der Waals surface area contributed by atoms with Crippen molar-refractivity contribution in [2.45, 2.75) is 19.4 Å². The Morgan fingerprint density at radius 2 is 1.89 bits per heavy atom. The zero-order valence-electron chi connectivity index (χ0n) is 10.5. The summed E-state index contributed by atoms with van der Waals surface area (Å²) in [5.74, 6) is 0.312. The van der Waals surface area contributed by atoms with E-state index in [0.717, 1.165) is 23.7 Å². The molecule has 0 radical (unpaired) electrons. The molecular formula is C16H14N2O. The highest BCUT2D eigenvalue weighted by Gasteiger charge is 2.17. The summed E-state index contributed by atoms with van der Waals surface area (Å²) in [5, 5.41) is 16.2. The van der Waals surface area contributed by atoms with Crippen LogP contribution in [-0.2, 0) is 13.0 Å². The highest BCUT2D eigenvalue weighted by molar-refractivity contribution is 5.88. The van der Waals surface area contributed by atoms with Gasteiger partial charge in [0.25, 0.3) is 0 Å². The Balaban J connectivity index is 1.89. The maximum absolute atomic E-state index is 9.50. The van der Waals surface area contributed by atoms with Crippen molar-refractivity contribution in [3.63, 3.8) is 0 Å². The van der Waals surface area contributed by atoms with Gasteiger partial charge in [-0.1, -0.05) is 18.2 Å². The lowest BCUT2D eigenvalue weighted by atomic mass is 10.0. The number of fused-ring (bicyclic) bond motifs is 2. The van der Waals surface area contributed by atoms with Gasteiger partial charge < -0.3 is 5.11 Å². The third kappa shape index (κ3) is 1.62. The van der Waals surface area contributed by atoms with Crippen molar-refractivity contribution in [3.8, 4) is 16.9 Å². The van der Waals surface area contributed by atoms with E-state index in [0.29, 0.717) is 5.75 Å². The molecule has 1 aliphatic heterocycles. The minimum absolute atomic E-state index is 0.312. The molecule has 0 unspecified atom stereocenters. The van der Waals surface area contributed by atoms with Crippen LogP contribution in [0.15, 0.2) is 42.6 Å². The number of phenolic OH excluding ortho intramolecular Hbond substituents is 1. The molecule has 94 valence electrons. The molecule has 3 heteroatoms. The summed E-state index contributed by atoms with van der Waals surface area (Å²) in [6.07, 6.45) is 4.27. The summed E-state index contributed by atoms with van der Waals surface area (Å²) in [4.78, 5) is 0. The molecule has 1 N–H and O–H groups in total. The number of aryl methyl sites for hydroxylation is 1. The third-order valence-electron chi connectivity index (χ3n) is 3.87. The molecule has 4 rings (SSSR count). The number of phenols is 1. The van der Waals surface area contributed by atoms with Crippen LogP contribution in [0.4, 0.5) is 0 Å². The lowest BCUT2D eigenvalue weighted by molar-refractivity contribution is 0.476. The number of aromatic hydroxyl groups is 1. The van der Waals surface area contributed by atoms with Gasteiger partial charge in [-0.25, -0.2) is 0 Å². The van der Waals surface area contributed by atoms with Crippen molar-refractivity contribution < 1.29 is 5.11 Å². The van der Waals surface area contributed by atoms with E-state index in [1.807, 2.05) is 12.3 Å². The molecule has 0 amide bonds. The van der Waals surface area contributed by atoms with Gasteiger partial charge in [-0.15, -0.1) is 0 Å². The predicted molar refractivity (Wildman–Crippen MR) is 75.2 cm³/mol. The lowest BCUT2D eigenvalue weighted by Crippen LogP contribution is -1.93. The van der Waals surface area contributed by atoms with Gasteiger partial charge in [0.15, 0.2) is 0 Å². The van der Waals surface area contributed by atoms with Crippen LogP contribution in [0.25, 0.3) is 21.9 Å². The first-order valence-electron chi connectivity index (χ1n) is 6.59. The fourth-order valence-electron chi connectivity index (χ4n) is 2.91. The maximum atomic E-state index is 9.50. The first kappa shape index (κ1) is 10.6. The molecule has 1 aromatic heterocycles. The van der Waals surface area contributed by atoms with E-state index >= 15 is 0 Å². The number of rotatable bonds is 1. The second kappa shape index (κ2) is 3.85. The van der Waals surface area contributed by atoms with Crippen molar-refractivity contribution in [2.24, 2.45) is 0 Å². The Hall–Kier alpha value is -2.29. The Labute approximate surface area is 111 Å². The Morgan fingerprint density at radius 1 is 1.05 bits per heavy atom. The van der Waals surface area contributed by atoms with Crippen molar-refractivity contribution in [1.82, 2.24) is 9.78 Å². The molecule has 0 spiro atoms. The van der Waals surface area contributed by atoms with E-state index < -0.39 is 0 Å². The predicted octanol–water partition coefficient (Wildman–Crippen LogP) is 3.36. The lowest BCUT2D eigenvalue weighted by Gasteiger charge is -2.04. The van der Waals surface area contributed by atoms with Crippen LogP contribution in [0.5, 0.6) is 5.75 Å². The standard InChI is InChI=1S/C16H14N2O/c19-14-6-5-11-8-13(4-3-12(11)9-14)15-10-17-18-7-1-2-16(15)18/h3-6,8-10,19H,1-2,7H2. The summed E-state index contributed by atoms with van der Waals surface area (Å²) in [6.45, 7) is 1.04. The van der Waals surface area contributed by atoms with Gasteiger partial charge in [-0.3, -0.25) is 4.68 Å². The van der Waals surface area contributed by atoms with Crippen LogP contribution in [-0.4, -0.2) is 14.9 Å². The molecule has 0 bridgehead atoms. The summed E-state index contributed by atoms with van der Waals surface area (Å²) >= 11 is 0. The second-order valence-corrected chi connectivity index (χ2v) is 5.08. The van der Waals surface area contributed by atoms with Gasteiger partial charge in [-0.05, 0) is 47.4 Å². The quantitative estimate of drug-likeness (QED) is 0.719. The summed E-state index contributed by atoms with van der Waals surface area (Å²) in [5.41, 5.74) is 3.80. The number of nitrogens with zero attached hydrogens (tertiary/aromatic N) is 2. The van der Waals surface area contributed by atoms with Gasteiger partial charge >= 0.3 is 0 Å². The smallest absolute Gasteiger partial charge is 0.116 e. The van der Waals surface area contributed by atoms with E-state index in [1.54, 1.807) is 12.1 Å². The summed E-state index contributed by atoms with van der Waals surface area (Å²) in [6, 6.07) is 11.8. The van der Waals surface area contributed by atoms with Crippen LogP contribution in [0.1, 0.15) is 12.1 Å². The third-order valence-corrected chi connectivity index (χ3v) is 3.87. The first-order valence-corrected chi connectivity index (χ1v) is 6.59. The molecule has 0 saturated heterocycles. The minimum Gasteiger partial charge on any atom is -0.508 e. The summed E-state index contributed by atoms with van der Waals surface area (Å²) in [7, 11) is 0. The summed E-state index contributed by atoms with van der Waals surface area (Å²) < 4.78 is 2.11. The van der Waals surface area contributed by atoms with Crippen LogP contribution in [0.2, 0.25) is 0 Å². The SMILES string of the molecule is Oc1ccc2cc(-c3cnn4c3CCC4)ccc2c1. The molecule has 0 atom stereocenters. The highest BCUT2D eigenvalue weighted by Crippen LogP contribution is 2.31. The van der Waals surface area contributed by atoms with Crippen LogP contribution in [0.3, 0.4) is 0 Å². The Bertz CT molecular complexity index is 774. The highest BCUT2D eigenvalue weighted by atomic mass is 16.3. The second-order valence-electron chi connectivity index (χ2n) is 5.08. The molecule has 3 nitrogen and oxygen atoms in total. The van der Waals surface area contributed by atoms with Gasteiger partial charge in [0.1, 0.15) is 5.75 Å². The Kier molecular flexibility index (Phi) is 2.15. The van der Waals surface area contributed by atoms with Gasteiger partial charge in [0.2, 0.25) is 0 Å². The van der Waals surface area contributed by atoms with Crippen molar-refractivity contribution in [1.29, 1.82) is 0 Å². The molecule has 0 saturated carbocycles. The number of hydrogen-bond acceptors (Lipinski definition) is 2. The fourth-order valence-corrected chi connectivity index (χ4v) is 2.91. The Morgan fingerprint density at radius 3 is 2.84 bits per heavy atom. The molecule has 19 heavy (non-hydrogen) atoms. The molecule has 2 aromatic carbocycles. The van der Waals surface area contributed by atoms with Crippen LogP contribution < -0.4 is 0 Å². The molecule has 2 heterocycles. The topological polar surface area (TPSA) is 38.1 Å². The van der Waals surface area contributed by atoms with Crippen LogP contribution in [0, 0.1) is 0 Å². The maximum Gasteiger partial charge on any atom is 0.116 e. The van der Waals surface area contributed by atoms with Gasteiger partial charge in [-0.2, -0.15) is 5.10 Å². The van der Waals surface area contributed by atoms with E-state index in [9.17, 15) is 5.11 Å². The number of aromatic nitrogens is 2. The van der Waals surface area contributed by atoms with E-state index in [-0.39, 0.29) is 0 Å². The molecule has 1 aliphatic rings. The van der Waals surface area contributed by atoms with E-state index in [1.165, 1.54) is 23.2 Å². The van der Waals surface area contributed by atoms with Crippen LogP contribution >= 0.6 is 0 Å². The molecule has 3 aromatic rings. The number of hydrogen-bond donors (Lipinski definition) is 1. The van der Waals surface area contributed by atoms with Gasteiger partial charge in [0, 0.05) is 17.8 Å².